The van der Waals surface area contributed by atoms with Gasteiger partial charge in [0.15, 0.2) is 0 Å². The first-order chi connectivity index (χ1) is 14.8. The van der Waals surface area contributed by atoms with E-state index in [4.69, 9.17) is 0 Å². The van der Waals surface area contributed by atoms with E-state index in [-0.39, 0.29) is 0 Å². The van der Waals surface area contributed by atoms with Crippen molar-refractivity contribution in [3.8, 4) is 0 Å². The Morgan fingerprint density at radius 3 is 0.867 bits per heavy atom. The molecule has 1 saturated heterocycles. The summed E-state index contributed by atoms with van der Waals surface area (Å²) in [4.78, 5) is 0. The maximum absolute atomic E-state index is 4.26. The molecule has 150 valence electrons. The van der Waals surface area contributed by atoms with Crippen LogP contribution in [0.4, 0.5) is 0 Å². The molecule has 1 aliphatic heterocycles. The van der Waals surface area contributed by atoms with Gasteiger partial charge in [0.05, 0.1) is 0 Å². The molecule has 4 rings (SSSR count). The lowest BCUT2D eigenvalue weighted by Gasteiger charge is -2.56. The first-order valence-electron chi connectivity index (χ1n) is 10.1. The van der Waals surface area contributed by atoms with E-state index >= 15 is 0 Å². The second kappa shape index (κ2) is 9.17. The Kier molecular flexibility index (Phi) is 6.18. The van der Waals surface area contributed by atoms with Gasteiger partial charge in [-0.15, -0.1) is 0 Å². The molecule has 3 aromatic rings. The predicted molar refractivity (Wildman–Crippen MR) is 136 cm³/mol. The van der Waals surface area contributed by atoms with Crippen molar-refractivity contribution in [2.75, 3.05) is 0 Å². The van der Waals surface area contributed by atoms with Crippen molar-refractivity contribution in [3.63, 3.8) is 0 Å². The molecule has 0 saturated carbocycles. The van der Waals surface area contributed by atoms with Gasteiger partial charge in [-0.2, -0.15) is 0 Å². The normalized spacial score (nSPS) is 21.2. The van der Waals surface area contributed by atoms with Gasteiger partial charge in [-0.1, -0.05) is 111 Å². The van der Waals surface area contributed by atoms with Gasteiger partial charge in [-0.05, 0) is 34.2 Å². The highest BCUT2D eigenvalue weighted by Gasteiger charge is 2.47. The van der Waals surface area contributed by atoms with Crippen LogP contribution in [0.25, 0.3) is 0 Å². The molecule has 0 atom stereocenters. The molecule has 3 nitrogen and oxygen atoms in total. The Labute approximate surface area is 184 Å². The molecule has 1 aliphatic rings. The highest BCUT2D eigenvalue weighted by Crippen LogP contribution is 2.21. The van der Waals surface area contributed by atoms with E-state index in [1.165, 1.54) is 15.6 Å². The van der Waals surface area contributed by atoms with Crippen LogP contribution in [0.15, 0.2) is 129 Å². The molecule has 1 fully saturated rings. The summed E-state index contributed by atoms with van der Waals surface area (Å²) in [6, 6.07) is 32.7. The predicted octanol–water partition coefficient (Wildman–Crippen LogP) is 1.72. The summed E-state index contributed by atoms with van der Waals surface area (Å²) in [5.41, 5.74) is 0. The molecule has 30 heavy (non-hydrogen) atoms. The molecular formula is C24H27N3Si3. The summed E-state index contributed by atoms with van der Waals surface area (Å²) in [6.45, 7) is 12.8. The zero-order valence-corrected chi connectivity index (χ0v) is 20.6. The fraction of sp³-hybridized carbons (Fsp3) is 0. The van der Waals surface area contributed by atoms with E-state index in [0.717, 1.165) is 0 Å². The number of rotatable bonds is 6. The standard InChI is InChI=1S/C24H27N3Si3/c1-4-25-28(22-16-10-7-11-17-22)26(5-2)30(24-20-14-9-15-21-24)27(6-3)29(25)23-18-12-8-13-19-23/h4-21,28-30H,1-3H2. The van der Waals surface area contributed by atoms with Crippen molar-refractivity contribution in [2.45, 2.75) is 0 Å². The Balaban J connectivity index is 1.95. The van der Waals surface area contributed by atoms with Gasteiger partial charge >= 0.3 is 0 Å². The van der Waals surface area contributed by atoms with Gasteiger partial charge in [0.1, 0.15) is 0 Å². The van der Waals surface area contributed by atoms with Gasteiger partial charge in [0, 0.05) is 0 Å². The quantitative estimate of drug-likeness (QED) is 0.540. The van der Waals surface area contributed by atoms with Crippen LogP contribution >= 0.6 is 0 Å². The van der Waals surface area contributed by atoms with Crippen LogP contribution < -0.4 is 15.6 Å². The average Bonchev–Trinajstić information content (AvgIpc) is 2.83. The molecule has 0 radical (unpaired) electrons. The first kappa shape index (κ1) is 20.2. The number of hydrogen-bond acceptors (Lipinski definition) is 3. The number of hydrogen-bond donors (Lipinski definition) is 0. The largest absolute Gasteiger partial charge is 0.397 e. The van der Waals surface area contributed by atoms with E-state index in [1.54, 1.807) is 0 Å². The van der Waals surface area contributed by atoms with Crippen molar-refractivity contribution >= 4 is 42.9 Å². The Bertz CT molecular complexity index is 854. The fourth-order valence-electron chi connectivity index (χ4n) is 4.37. The van der Waals surface area contributed by atoms with Gasteiger partial charge in [0.2, 0.25) is 0 Å². The SMILES string of the molecule is C=CN1[SiH](c2ccccc2)N(C=C)[SiH](c2ccccc2)N(C=C)[SiH]1c1ccccc1. The molecule has 3 aromatic carbocycles. The van der Waals surface area contributed by atoms with Crippen LogP contribution in [0.2, 0.25) is 0 Å². The maximum Gasteiger partial charge on any atom is 0.266 e. The lowest BCUT2D eigenvalue weighted by Crippen LogP contribution is -2.81. The van der Waals surface area contributed by atoms with Crippen molar-refractivity contribution < 1.29 is 0 Å². The number of benzene rings is 3. The molecular weight excluding hydrogens is 415 g/mol. The lowest BCUT2D eigenvalue weighted by molar-refractivity contribution is 0.633. The minimum atomic E-state index is -1.76. The van der Waals surface area contributed by atoms with E-state index in [0.29, 0.717) is 0 Å². The van der Waals surface area contributed by atoms with Gasteiger partial charge in [0.25, 0.3) is 27.4 Å². The van der Waals surface area contributed by atoms with Crippen LogP contribution in [0.3, 0.4) is 0 Å². The minimum absolute atomic E-state index is 1.39. The van der Waals surface area contributed by atoms with Gasteiger partial charge in [-0.25, -0.2) is 0 Å². The van der Waals surface area contributed by atoms with Crippen molar-refractivity contribution in [1.82, 2.24) is 12.7 Å². The summed E-state index contributed by atoms with van der Waals surface area (Å²) >= 11 is 0. The summed E-state index contributed by atoms with van der Waals surface area (Å²) in [7, 11) is -5.27. The fourth-order valence-corrected chi connectivity index (χ4v) is 20.7. The molecule has 0 unspecified atom stereocenters. The van der Waals surface area contributed by atoms with Gasteiger partial charge < -0.3 is 12.7 Å². The zero-order valence-electron chi connectivity index (χ0n) is 17.1. The summed E-state index contributed by atoms with van der Waals surface area (Å²) in [5, 5.41) is 4.17. The van der Waals surface area contributed by atoms with E-state index < -0.39 is 27.4 Å². The van der Waals surface area contributed by atoms with Crippen LogP contribution in [-0.4, -0.2) is 40.1 Å². The first-order valence-corrected chi connectivity index (χ1v) is 15.0. The topological polar surface area (TPSA) is 9.72 Å². The molecule has 0 aliphatic carbocycles. The van der Waals surface area contributed by atoms with E-state index in [1.807, 2.05) is 0 Å². The van der Waals surface area contributed by atoms with Crippen LogP contribution in [0, 0.1) is 0 Å². The van der Waals surface area contributed by atoms with E-state index in [2.05, 4.69) is 142 Å². The lowest BCUT2D eigenvalue weighted by atomic mass is 10.4. The maximum atomic E-state index is 4.26. The molecule has 0 amide bonds. The molecule has 0 spiro atoms. The second-order valence-corrected chi connectivity index (χ2v) is 16.9. The van der Waals surface area contributed by atoms with Crippen LogP contribution in [0.5, 0.6) is 0 Å². The summed E-state index contributed by atoms with van der Waals surface area (Å²) < 4.78 is 7.75. The summed E-state index contributed by atoms with van der Waals surface area (Å²) in [5.74, 6) is 0. The Morgan fingerprint density at radius 1 is 0.433 bits per heavy atom. The third-order valence-corrected chi connectivity index (χ3v) is 18.3. The Hall–Kier alpha value is -3.07. The van der Waals surface area contributed by atoms with Crippen LogP contribution in [-0.2, 0) is 0 Å². The molecule has 0 N–H and O–H groups in total. The highest BCUT2D eigenvalue weighted by atomic mass is 28.4. The molecule has 0 aromatic heterocycles. The van der Waals surface area contributed by atoms with Crippen molar-refractivity contribution in [2.24, 2.45) is 0 Å². The van der Waals surface area contributed by atoms with Crippen molar-refractivity contribution in [3.05, 3.63) is 129 Å². The smallest absolute Gasteiger partial charge is 0.266 e. The molecule has 0 bridgehead atoms. The Morgan fingerprint density at radius 2 is 0.667 bits per heavy atom. The molecule has 1 heterocycles. The summed E-state index contributed by atoms with van der Waals surface area (Å²) in [6.07, 6.45) is 6.20. The second-order valence-electron chi connectivity index (χ2n) is 7.24. The monoisotopic (exact) mass is 441 g/mol. The third kappa shape index (κ3) is 3.61. The highest BCUT2D eigenvalue weighted by molar-refractivity contribution is 6.98. The van der Waals surface area contributed by atoms with E-state index in [9.17, 15) is 0 Å². The van der Waals surface area contributed by atoms with Crippen LogP contribution in [0.1, 0.15) is 0 Å². The molecule has 6 heteroatoms. The van der Waals surface area contributed by atoms with Gasteiger partial charge in [-0.3, -0.25) is 0 Å². The minimum Gasteiger partial charge on any atom is -0.397 e. The average molecular weight is 442 g/mol. The van der Waals surface area contributed by atoms with Crippen molar-refractivity contribution in [1.29, 1.82) is 0 Å². The number of nitrogens with zero attached hydrogens (tertiary/aromatic N) is 3. The zero-order chi connectivity index (χ0) is 20.9. The third-order valence-electron chi connectivity index (χ3n) is 5.62.